The summed E-state index contributed by atoms with van der Waals surface area (Å²) in [6.07, 6.45) is 4.43. The van der Waals surface area contributed by atoms with Crippen molar-refractivity contribution < 1.29 is 4.79 Å². The number of halogens is 1. The van der Waals surface area contributed by atoms with Crippen LogP contribution in [0.4, 0.5) is 0 Å². The molecule has 0 radical (unpaired) electrons. The van der Waals surface area contributed by atoms with E-state index in [1.807, 2.05) is 0 Å². The minimum Gasteiger partial charge on any atom is -0.342 e. The Morgan fingerprint density at radius 3 is 2.95 bits per heavy atom. The fraction of sp³-hybridized carbons (Fsp3) is 0.562. The van der Waals surface area contributed by atoms with Crippen molar-refractivity contribution >= 4 is 21.8 Å². The molecule has 1 aromatic carbocycles. The molecule has 3 heteroatoms. The lowest BCUT2D eigenvalue weighted by molar-refractivity contribution is -0.132. The molecule has 1 fully saturated rings. The summed E-state index contributed by atoms with van der Waals surface area (Å²) in [5.41, 5.74) is 2.66. The van der Waals surface area contributed by atoms with Gasteiger partial charge < -0.3 is 4.90 Å². The molecule has 19 heavy (non-hydrogen) atoms. The Labute approximate surface area is 123 Å². The first kappa shape index (κ1) is 13.2. The fourth-order valence-corrected chi connectivity index (χ4v) is 3.92. The molecule has 1 aromatic rings. The van der Waals surface area contributed by atoms with Crippen LogP contribution in [0.5, 0.6) is 0 Å². The number of amides is 1. The van der Waals surface area contributed by atoms with Crippen molar-refractivity contribution in [3.05, 3.63) is 35.4 Å². The van der Waals surface area contributed by atoms with Crippen LogP contribution in [-0.2, 0) is 11.2 Å². The molecule has 2 unspecified atom stereocenters. The molecular formula is C16H20BrNO. The van der Waals surface area contributed by atoms with E-state index in [1.54, 1.807) is 0 Å². The Bertz CT molecular complexity index is 474. The van der Waals surface area contributed by atoms with Gasteiger partial charge in [-0.05, 0) is 42.7 Å². The third kappa shape index (κ3) is 2.58. The summed E-state index contributed by atoms with van der Waals surface area (Å²) in [5, 5.41) is 1.01. The Balaban J connectivity index is 1.78. The summed E-state index contributed by atoms with van der Waals surface area (Å²) in [7, 11) is 0. The highest BCUT2D eigenvalue weighted by atomic mass is 79.9. The van der Waals surface area contributed by atoms with Gasteiger partial charge in [0.05, 0.1) is 5.92 Å². The Morgan fingerprint density at radius 1 is 1.32 bits per heavy atom. The molecule has 0 aromatic heterocycles. The zero-order valence-electron chi connectivity index (χ0n) is 11.1. The number of benzene rings is 1. The number of carbonyl (C=O) groups is 1. The maximum atomic E-state index is 12.7. The van der Waals surface area contributed by atoms with E-state index in [9.17, 15) is 4.79 Å². The number of aryl methyl sites for hydroxylation is 1. The second-order valence-electron chi connectivity index (χ2n) is 5.74. The van der Waals surface area contributed by atoms with Gasteiger partial charge in [0.1, 0.15) is 0 Å². The van der Waals surface area contributed by atoms with E-state index >= 15 is 0 Å². The molecule has 0 bridgehead atoms. The average Bonchev–Trinajstić information content (AvgIpc) is 2.95. The number of nitrogens with zero attached hydrogens (tertiary/aromatic N) is 1. The molecular weight excluding hydrogens is 302 g/mol. The first-order valence-corrected chi connectivity index (χ1v) is 8.34. The number of hydrogen-bond acceptors (Lipinski definition) is 1. The van der Waals surface area contributed by atoms with Gasteiger partial charge in [-0.2, -0.15) is 0 Å². The van der Waals surface area contributed by atoms with Crippen molar-refractivity contribution in [2.75, 3.05) is 18.4 Å². The van der Waals surface area contributed by atoms with Crippen molar-refractivity contribution in [1.29, 1.82) is 0 Å². The third-order valence-electron chi connectivity index (χ3n) is 4.48. The van der Waals surface area contributed by atoms with Crippen molar-refractivity contribution in [3.8, 4) is 0 Å². The lowest BCUT2D eigenvalue weighted by atomic mass is 9.82. The van der Waals surface area contributed by atoms with E-state index in [1.165, 1.54) is 11.1 Å². The number of hydrogen-bond donors (Lipinski definition) is 0. The molecule has 2 aliphatic rings. The van der Waals surface area contributed by atoms with Crippen LogP contribution in [0.2, 0.25) is 0 Å². The van der Waals surface area contributed by atoms with Gasteiger partial charge in [0.15, 0.2) is 0 Å². The van der Waals surface area contributed by atoms with E-state index in [2.05, 4.69) is 45.1 Å². The van der Waals surface area contributed by atoms with Gasteiger partial charge >= 0.3 is 0 Å². The van der Waals surface area contributed by atoms with Crippen LogP contribution >= 0.6 is 15.9 Å². The van der Waals surface area contributed by atoms with Gasteiger partial charge in [0.2, 0.25) is 5.91 Å². The first-order chi connectivity index (χ1) is 9.29. The SMILES string of the molecule is O=C(C1CCCc2ccccc21)N1CCC(CBr)C1. The van der Waals surface area contributed by atoms with Crippen molar-refractivity contribution in [1.82, 2.24) is 4.90 Å². The van der Waals surface area contributed by atoms with Crippen molar-refractivity contribution in [2.24, 2.45) is 5.92 Å². The lowest BCUT2D eigenvalue weighted by Crippen LogP contribution is -2.35. The molecule has 1 aliphatic heterocycles. The summed E-state index contributed by atoms with van der Waals surface area (Å²) in [6, 6.07) is 8.48. The van der Waals surface area contributed by atoms with Crippen LogP contribution in [0.25, 0.3) is 0 Å². The highest BCUT2D eigenvalue weighted by Gasteiger charge is 2.33. The van der Waals surface area contributed by atoms with E-state index < -0.39 is 0 Å². The van der Waals surface area contributed by atoms with Gasteiger partial charge in [-0.25, -0.2) is 0 Å². The van der Waals surface area contributed by atoms with Gasteiger partial charge in [-0.1, -0.05) is 40.2 Å². The standard InChI is InChI=1S/C16H20BrNO/c17-10-12-8-9-18(11-12)16(19)15-7-3-5-13-4-1-2-6-14(13)15/h1-2,4,6,12,15H,3,5,7-11H2. The maximum absolute atomic E-state index is 12.7. The molecule has 1 amide bonds. The number of likely N-dealkylation sites (tertiary alicyclic amines) is 1. The summed E-state index contributed by atoms with van der Waals surface area (Å²) in [6.45, 7) is 1.87. The van der Waals surface area contributed by atoms with Crippen LogP contribution in [0.15, 0.2) is 24.3 Å². The molecule has 0 spiro atoms. The van der Waals surface area contributed by atoms with E-state index in [0.717, 1.165) is 44.1 Å². The third-order valence-corrected chi connectivity index (χ3v) is 5.40. The van der Waals surface area contributed by atoms with Crippen LogP contribution in [0, 0.1) is 5.92 Å². The molecule has 2 nitrogen and oxygen atoms in total. The summed E-state index contributed by atoms with van der Waals surface area (Å²) >= 11 is 3.54. The van der Waals surface area contributed by atoms with Crippen molar-refractivity contribution in [2.45, 2.75) is 31.6 Å². The van der Waals surface area contributed by atoms with Crippen molar-refractivity contribution in [3.63, 3.8) is 0 Å². The monoisotopic (exact) mass is 321 g/mol. The smallest absolute Gasteiger partial charge is 0.230 e. The second kappa shape index (κ2) is 5.66. The molecule has 1 heterocycles. The number of fused-ring (bicyclic) bond motifs is 1. The molecule has 0 N–H and O–H groups in total. The Morgan fingerprint density at radius 2 is 2.16 bits per heavy atom. The summed E-state index contributed by atoms with van der Waals surface area (Å²) in [5.74, 6) is 1.11. The number of alkyl halides is 1. The zero-order valence-corrected chi connectivity index (χ0v) is 12.7. The second-order valence-corrected chi connectivity index (χ2v) is 6.38. The van der Waals surface area contributed by atoms with Crippen LogP contribution in [-0.4, -0.2) is 29.2 Å². The number of carbonyl (C=O) groups excluding carboxylic acids is 1. The predicted molar refractivity (Wildman–Crippen MR) is 80.6 cm³/mol. The number of rotatable bonds is 2. The highest BCUT2D eigenvalue weighted by molar-refractivity contribution is 9.09. The minimum atomic E-state index is 0.110. The molecule has 102 valence electrons. The van der Waals surface area contributed by atoms with Crippen LogP contribution in [0.1, 0.15) is 36.3 Å². The quantitative estimate of drug-likeness (QED) is 0.765. The van der Waals surface area contributed by atoms with Crippen LogP contribution < -0.4 is 0 Å². The minimum absolute atomic E-state index is 0.110. The topological polar surface area (TPSA) is 20.3 Å². The fourth-order valence-electron chi connectivity index (χ4n) is 3.39. The van der Waals surface area contributed by atoms with E-state index in [0.29, 0.717) is 11.8 Å². The Hall–Kier alpha value is -0.830. The van der Waals surface area contributed by atoms with Gasteiger partial charge in [-0.3, -0.25) is 4.79 Å². The van der Waals surface area contributed by atoms with Gasteiger partial charge in [-0.15, -0.1) is 0 Å². The average molecular weight is 322 g/mol. The predicted octanol–water partition coefficient (Wildman–Crippen LogP) is 3.35. The largest absolute Gasteiger partial charge is 0.342 e. The van der Waals surface area contributed by atoms with Gasteiger partial charge in [0.25, 0.3) is 0 Å². The van der Waals surface area contributed by atoms with E-state index in [-0.39, 0.29) is 5.92 Å². The molecule has 2 atom stereocenters. The van der Waals surface area contributed by atoms with E-state index in [4.69, 9.17) is 0 Å². The van der Waals surface area contributed by atoms with Crippen LogP contribution in [0.3, 0.4) is 0 Å². The summed E-state index contributed by atoms with van der Waals surface area (Å²) < 4.78 is 0. The summed E-state index contributed by atoms with van der Waals surface area (Å²) in [4.78, 5) is 14.8. The normalized spacial score (nSPS) is 26.3. The zero-order chi connectivity index (χ0) is 13.2. The Kier molecular flexibility index (Phi) is 3.92. The molecule has 1 aliphatic carbocycles. The van der Waals surface area contributed by atoms with Gasteiger partial charge in [0, 0.05) is 18.4 Å². The first-order valence-electron chi connectivity index (χ1n) is 7.22. The highest BCUT2D eigenvalue weighted by Crippen LogP contribution is 2.34. The molecule has 1 saturated heterocycles. The molecule has 3 rings (SSSR count). The lowest BCUT2D eigenvalue weighted by Gasteiger charge is -2.28. The maximum Gasteiger partial charge on any atom is 0.230 e. The molecule has 0 saturated carbocycles.